The maximum Gasteiger partial charge on any atom is 0.417 e. The lowest BCUT2D eigenvalue weighted by Crippen LogP contribution is -2.21. The summed E-state index contributed by atoms with van der Waals surface area (Å²) in [6.07, 6.45) is -9.85. The number of rotatable bonds is 4. The van der Waals surface area contributed by atoms with Crippen molar-refractivity contribution in [3.63, 3.8) is 0 Å². The van der Waals surface area contributed by atoms with Gasteiger partial charge in [0.2, 0.25) is 11.8 Å². The van der Waals surface area contributed by atoms with E-state index in [1.807, 2.05) is 0 Å². The number of amides is 2. The fraction of sp³-hybridized carbons (Fsp3) is 0.0909. The molecule has 0 aliphatic rings. The fourth-order valence-corrected chi connectivity index (χ4v) is 3.55. The van der Waals surface area contributed by atoms with E-state index in [1.54, 1.807) is 0 Å². The number of halogens is 6. The number of alkyl halides is 6. The van der Waals surface area contributed by atoms with Crippen LogP contribution in [0.3, 0.4) is 0 Å². The highest BCUT2D eigenvalue weighted by Gasteiger charge is 2.38. The summed E-state index contributed by atoms with van der Waals surface area (Å²) >= 11 is 0. The van der Waals surface area contributed by atoms with E-state index < -0.39 is 68.7 Å². The molecule has 0 unspecified atom stereocenters. The molecule has 3 aromatic carbocycles. The monoisotopic (exact) mass is 467 g/mol. The zero-order chi connectivity index (χ0) is 24.7. The van der Waals surface area contributed by atoms with E-state index in [-0.39, 0.29) is 5.69 Å². The number of carbonyl (C=O) groups is 2. The lowest BCUT2D eigenvalue weighted by Gasteiger charge is -2.21. The third-order valence-corrected chi connectivity index (χ3v) is 4.86. The van der Waals surface area contributed by atoms with Crippen LogP contribution >= 0.6 is 0 Å². The molecule has 172 valence electrons. The van der Waals surface area contributed by atoms with E-state index in [0.29, 0.717) is 6.07 Å². The molecular weight excluding hydrogens is 452 g/mol. The van der Waals surface area contributed by atoms with Crippen LogP contribution in [0, 0.1) is 0 Å². The van der Waals surface area contributed by atoms with Gasteiger partial charge in [0, 0.05) is 16.8 Å². The smallest absolute Gasteiger partial charge is 0.399 e. The molecule has 3 rings (SSSR count). The molecule has 0 radical (unpaired) electrons. The van der Waals surface area contributed by atoms with Crippen LogP contribution in [-0.4, -0.2) is 11.8 Å². The Hall–Kier alpha value is -4.02. The molecule has 6 N–H and O–H groups in total. The van der Waals surface area contributed by atoms with Crippen molar-refractivity contribution in [3.8, 4) is 22.3 Å². The first-order valence-electron chi connectivity index (χ1n) is 9.13. The molecule has 0 saturated heterocycles. The van der Waals surface area contributed by atoms with Gasteiger partial charge in [-0.2, -0.15) is 26.3 Å². The molecule has 33 heavy (non-hydrogen) atoms. The summed E-state index contributed by atoms with van der Waals surface area (Å²) in [7, 11) is 0. The van der Waals surface area contributed by atoms with Crippen LogP contribution in [0.25, 0.3) is 22.3 Å². The second kappa shape index (κ2) is 8.15. The van der Waals surface area contributed by atoms with Gasteiger partial charge in [-0.1, -0.05) is 30.3 Å². The number of carbonyl (C=O) groups excluding carboxylic acids is 2. The molecule has 0 heterocycles. The normalized spacial score (nSPS) is 11.9. The number of nitrogen functional groups attached to an aromatic ring is 1. The average molecular weight is 467 g/mol. The van der Waals surface area contributed by atoms with Gasteiger partial charge < -0.3 is 17.2 Å². The zero-order valence-electron chi connectivity index (χ0n) is 16.5. The standard InChI is InChI=1S/C22H15F6N3O2/c23-21(24,25)15-4-2-1-3-11(15)12-7-8-14(19(30)32)17(18(12)20(31)33)13-6-5-10(29)9-16(13)22(26,27)28/h1-9H,29H2,(H2,30,32)(H2,31,33). The predicted molar refractivity (Wildman–Crippen MR) is 109 cm³/mol. The summed E-state index contributed by atoms with van der Waals surface area (Å²) in [5, 5.41) is 0. The minimum absolute atomic E-state index is 0.272. The first-order valence-corrected chi connectivity index (χ1v) is 9.13. The largest absolute Gasteiger partial charge is 0.417 e. The first kappa shape index (κ1) is 23.6. The van der Waals surface area contributed by atoms with E-state index in [9.17, 15) is 35.9 Å². The molecule has 5 nitrogen and oxygen atoms in total. The van der Waals surface area contributed by atoms with Crippen LogP contribution in [0.15, 0.2) is 54.6 Å². The Morgan fingerprint density at radius 3 is 1.79 bits per heavy atom. The predicted octanol–water partition coefficient (Wildman–Crippen LogP) is 4.84. The molecule has 11 heteroatoms. The topological polar surface area (TPSA) is 112 Å². The molecule has 2 amide bonds. The second-order valence-corrected chi connectivity index (χ2v) is 6.99. The third kappa shape index (κ3) is 4.47. The Balaban J connectivity index is 2.53. The summed E-state index contributed by atoms with van der Waals surface area (Å²) in [5.41, 5.74) is 9.96. The van der Waals surface area contributed by atoms with Crippen molar-refractivity contribution in [1.29, 1.82) is 0 Å². The maximum absolute atomic E-state index is 13.8. The number of benzene rings is 3. The first-order chi connectivity index (χ1) is 15.2. The van der Waals surface area contributed by atoms with Crippen molar-refractivity contribution < 1.29 is 35.9 Å². The Labute approximate surface area is 182 Å². The van der Waals surface area contributed by atoms with E-state index in [4.69, 9.17) is 17.2 Å². The molecule has 0 spiro atoms. The number of nitrogens with two attached hydrogens (primary N) is 3. The van der Waals surface area contributed by atoms with Gasteiger partial charge in [-0.15, -0.1) is 0 Å². The lowest BCUT2D eigenvalue weighted by molar-refractivity contribution is -0.137. The van der Waals surface area contributed by atoms with Gasteiger partial charge >= 0.3 is 12.4 Å². The van der Waals surface area contributed by atoms with Crippen LogP contribution in [0.1, 0.15) is 31.8 Å². The van der Waals surface area contributed by atoms with Crippen LogP contribution in [0.5, 0.6) is 0 Å². The molecule has 0 aromatic heterocycles. The van der Waals surface area contributed by atoms with Crippen molar-refractivity contribution in [2.75, 3.05) is 5.73 Å². The molecular formula is C22H15F6N3O2. The Bertz CT molecular complexity index is 1270. The van der Waals surface area contributed by atoms with Crippen LogP contribution in [0.2, 0.25) is 0 Å². The van der Waals surface area contributed by atoms with Crippen LogP contribution in [0.4, 0.5) is 32.0 Å². The molecule has 0 aliphatic heterocycles. The molecule has 0 aliphatic carbocycles. The van der Waals surface area contributed by atoms with Crippen LogP contribution in [-0.2, 0) is 12.4 Å². The summed E-state index contributed by atoms with van der Waals surface area (Å²) < 4.78 is 82.2. The Morgan fingerprint density at radius 1 is 0.667 bits per heavy atom. The van der Waals surface area contributed by atoms with Gasteiger partial charge in [-0.05, 0) is 41.0 Å². The lowest BCUT2D eigenvalue weighted by atomic mass is 9.84. The van der Waals surface area contributed by atoms with Gasteiger partial charge in [-0.3, -0.25) is 9.59 Å². The minimum Gasteiger partial charge on any atom is -0.399 e. The Morgan fingerprint density at radius 2 is 1.24 bits per heavy atom. The molecule has 0 saturated carbocycles. The van der Waals surface area contributed by atoms with Crippen molar-refractivity contribution >= 4 is 17.5 Å². The van der Waals surface area contributed by atoms with Crippen LogP contribution < -0.4 is 17.2 Å². The molecule has 0 atom stereocenters. The molecule has 3 aromatic rings. The van der Waals surface area contributed by atoms with E-state index in [1.165, 1.54) is 6.07 Å². The average Bonchev–Trinajstić information content (AvgIpc) is 2.71. The van der Waals surface area contributed by atoms with E-state index >= 15 is 0 Å². The summed E-state index contributed by atoms with van der Waals surface area (Å²) in [4.78, 5) is 24.5. The number of primary amides is 2. The van der Waals surface area contributed by atoms with Gasteiger partial charge in [0.05, 0.1) is 16.7 Å². The van der Waals surface area contributed by atoms with E-state index in [2.05, 4.69) is 0 Å². The summed E-state index contributed by atoms with van der Waals surface area (Å²) in [6, 6.07) is 8.61. The SMILES string of the molecule is NC(=O)c1ccc(-c2ccccc2C(F)(F)F)c(C(N)=O)c1-c1ccc(N)cc1C(F)(F)F. The number of hydrogen-bond donors (Lipinski definition) is 3. The molecule has 0 fully saturated rings. The number of anilines is 1. The van der Waals surface area contributed by atoms with Gasteiger partial charge in [0.1, 0.15) is 0 Å². The van der Waals surface area contributed by atoms with Crippen molar-refractivity contribution in [2.24, 2.45) is 11.5 Å². The quantitative estimate of drug-likeness (QED) is 0.377. The highest BCUT2D eigenvalue weighted by atomic mass is 19.4. The zero-order valence-corrected chi connectivity index (χ0v) is 16.5. The van der Waals surface area contributed by atoms with Crippen molar-refractivity contribution in [1.82, 2.24) is 0 Å². The summed E-state index contributed by atoms with van der Waals surface area (Å²) in [5.74, 6) is -2.57. The van der Waals surface area contributed by atoms with Crippen molar-refractivity contribution in [3.05, 3.63) is 76.9 Å². The van der Waals surface area contributed by atoms with E-state index in [0.717, 1.165) is 42.5 Å². The Kier molecular flexibility index (Phi) is 5.84. The number of hydrogen-bond acceptors (Lipinski definition) is 3. The second-order valence-electron chi connectivity index (χ2n) is 6.99. The van der Waals surface area contributed by atoms with Gasteiger partial charge in [0.25, 0.3) is 0 Å². The third-order valence-electron chi connectivity index (χ3n) is 4.86. The maximum atomic E-state index is 13.8. The highest BCUT2D eigenvalue weighted by Crippen LogP contribution is 2.44. The van der Waals surface area contributed by atoms with Gasteiger partial charge in [0.15, 0.2) is 0 Å². The van der Waals surface area contributed by atoms with Crippen molar-refractivity contribution in [2.45, 2.75) is 12.4 Å². The van der Waals surface area contributed by atoms with Gasteiger partial charge in [-0.25, -0.2) is 0 Å². The fourth-order valence-electron chi connectivity index (χ4n) is 3.55. The highest BCUT2D eigenvalue weighted by molar-refractivity contribution is 6.12. The summed E-state index contributed by atoms with van der Waals surface area (Å²) in [6.45, 7) is 0. The molecule has 0 bridgehead atoms. The minimum atomic E-state index is -4.99.